The molecule has 1 N–H and O–H groups in total. The van der Waals surface area contributed by atoms with Gasteiger partial charge in [0.15, 0.2) is 0 Å². The van der Waals surface area contributed by atoms with Crippen molar-refractivity contribution in [2.24, 2.45) is 0 Å². The smallest absolute Gasteiger partial charge is 0.0660 e. The molecule has 0 bridgehead atoms. The van der Waals surface area contributed by atoms with E-state index < -0.39 is 0 Å². The van der Waals surface area contributed by atoms with E-state index in [9.17, 15) is 0 Å². The van der Waals surface area contributed by atoms with E-state index in [2.05, 4.69) is 11.2 Å². The van der Waals surface area contributed by atoms with E-state index in [0.29, 0.717) is 6.04 Å². The van der Waals surface area contributed by atoms with Gasteiger partial charge >= 0.3 is 0 Å². The Kier molecular flexibility index (Phi) is 3.11. The summed E-state index contributed by atoms with van der Waals surface area (Å²) in [6, 6.07) is 0.903. The van der Waals surface area contributed by atoms with Crippen molar-refractivity contribution in [2.45, 2.75) is 25.4 Å². The average Bonchev–Trinajstić information content (AvgIpc) is 2.40. The van der Waals surface area contributed by atoms with Gasteiger partial charge in [-0.1, -0.05) is 5.92 Å². The molecule has 0 amide bonds. The Balaban J connectivity index is 2.19. The number of terminal acetylenes is 1. The molecule has 1 nitrogen and oxygen atoms in total. The third-order valence-electron chi connectivity index (χ3n) is 1.67. The number of thioether (sulfide) groups is 1. The van der Waals surface area contributed by atoms with Gasteiger partial charge in [0.1, 0.15) is 0 Å². The van der Waals surface area contributed by atoms with Crippen LogP contribution in [0.2, 0.25) is 0 Å². The van der Waals surface area contributed by atoms with E-state index in [1.54, 1.807) is 0 Å². The maximum atomic E-state index is 5.23. The first-order chi connectivity index (χ1) is 4.83. The second-order valence-electron chi connectivity index (χ2n) is 2.62. The van der Waals surface area contributed by atoms with Gasteiger partial charge in [0.05, 0.1) is 6.04 Å². The van der Waals surface area contributed by atoms with Crippen molar-refractivity contribution in [2.75, 3.05) is 11.5 Å². The van der Waals surface area contributed by atoms with E-state index >= 15 is 0 Å². The fourth-order valence-corrected chi connectivity index (χ4v) is 2.23. The zero-order valence-electron chi connectivity index (χ0n) is 6.26. The lowest BCUT2D eigenvalue weighted by Crippen LogP contribution is -2.35. The molecule has 0 aromatic rings. The van der Waals surface area contributed by atoms with Crippen LogP contribution in [0.4, 0.5) is 0 Å². The molecule has 10 heavy (non-hydrogen) atoms. The predicted molar refractivity (Wildman–Crippen MR) is 47.2 cm³/mol. The van der Waals surface area contributed by atoms with Gasteiger partial charge in [-0.15, -0.1) is 6.42 Å². The fraction of sp³-hybridized carbons (Fsp3) is 0.750. The van der Waals surface area contributed by atoms with Crippen molar-refractivity contribution in [1.29, 1.82) is 0 Å². The molecule has 1 saturated heterocycles. The van der Waals surface area contributed by atoms with Crippen molar-refractivity contribution in [1.82, 2.24) is 5.32 Å². The number of nitrogens with one attached hydrogen (secondary N) is 1. The van der Waals surface area contributed by atoms with Crippen LogP contribution in [0.5, 0.6) is 0 Å². The molecule has 0 radical (unpaired) electrons. The number of rotatable bonds is 2. The molecule has 56 valence electrons. The summed E-state index contributed by atoms with van der Waals surface area (Å²) >= 11 is 2.00. The molecule has 0 spiro atoms. The minimum Gasteiger partial charge on any atom is -0.300 e. The zero-order chi connectivity index (χ0) is 7.40. The molecule has 0 aromatic carbocycles. The molecular weight excluding hydrogens is 142 g/mol. The SMILES string of the molecule is C#CC(C)NC1CCSC1. The molecule has 1 aliphatic heterocycles. The Bertz CT molecular complexity index is 133. The van der Waals surface area contributed by atoms with Gasteiger partial charge < -0.3 is 5.32 Å². The Morgan fingerprint density at radius 2 is 2.60 bits per heavy atom. The average molecular weight is 155 g/mol. The molecule has 0 aliphatic carbocycles. The molecule has 2 atom stereocenters. The van der Waals surface area contributed by atoms with Crippen LogP contribution < -0.4 is 5.32 Å². The van der Waals surface area contributed by atoms with Crippen molar-refractivity contribution in [3.8, 4) is 12.3 Å². The van der Waals surface area contributed by atoms with E-state index in [0.717, 1.165) is 0 Å². The summed E-state index contributed by atoms with van der Waals surface area (Å²) < 4.78 is 0. The highest BCUT2D eigenvalue weighted by molar-refractivity contribution is 7.99. The van der Waals surface area contributed by atoms with Crippen LogP contribution in [0.25, 0.3) is 0 Å². The van der Waals surface area contributed by atoms with Crippen molar-refractivity contribution >= 4 is 11.8 Å². The van der Waals surface area contributed by atoms with Gasteiger partial charge in [0.2, 0.25) is 0 Å². The molecule has 1 heterocycles. The van der Waals surface area contributed by atoms with Crippen LogP contribution in [0.1, 0.15) is 13.3 Å². The fourth-order valence-electron chi connectivity index (χ4n) is 1.07. The van der Waals surface area contributed by atoms with Crippen molar-refractivity contribution in [3.05, 3.63) is 0 Å². The van der Waals surface area contributed by atoms with Gasteiger partial charge in [-0.3, -0.25) is 0 Å². The predicted octanol–water partition coefficient (Wildman–Crippen LogP) is 1.10. The molecule has 0 aromatic heterocycles. The Hall–Kier alpha value is -0.130. The second-order valence-corrected chi connectivity index (χ2v) is 3.77. The first-order valence-corrected chi connectivity index (χ1v) is 4.78. The quantitative estimate of drug-likeness (QED) is 0.599. The van der Waals surface area contributed by atoms with E-state index in [4.69, 9.17) is 6.42 Å². The summed E-state index contributed by atoms with van der Waals surface area (Å²) in [6.45, 7) is 2.03. The molecule has 1 rings (SSSR count). The first kappa shape index (κ1) is 7.97. The summed E-state index contributed by atoms with van der Waals surface area (Å²) in [5.41, 5.74) is 0. The summed E-state index contributed by atoms with van der Waals surface area (Å²) in [5, 5.41) is 3.37. The van der Waals surface area contributed by atoms with Gasteiger partial charge in [-0.2, -0.15) is 11.8 Å². The van der Waals surface area contributed by atoms with Crippen LogP contribution in [-0.2, 0) is 0 Å². The third kappa shape index (κ3) is 2.24. The van der Waals surface area contributed by atoms with E-state index in [-0.39, 0.29) is 6.04 Å². The lowest BCUT2D eigenvalue weighted by Gasteiger charge is -2.12. The molecule has 2 unspecified atom stereocenters. The minimum atomic E-state index is 0.240. The third-order valence-corrected chi connectivity index (χ3v) is 2.83. The largest absolute Gasteiger partial charge is 0.300 e. The molecular formula is C8H13NS. The second kappa shape index (κ2) is 3.90. The highest BCUT2D eigenvalue weighted by atomic mass is 32.2. The molecule has 0 saturated carbocycles. The summed E-state index contributed by atoms with van der Waals surface area (Å²) in [4.78, 5) is 0. The van der Waals surface area contributed by atoms with Crippen LogP contribution >= 0.6 is 11.8 Å². The maximum Gasteiger partial charge on any atom is 0.0660 e. The minimum absolute atomic E-state index is 0.240. The zero-order valence-corrected chi connectivity index (χ0v) is 7.08. The maximum absolute atomic E-state index is 5.23. The van der Waals surface area contributed by atoms with Crippen LogP contribution in [-0.4, -0.2) is 23.6 Å². The van der Waals surface area contributed by atoms with Crippen LogP contribution in [0.15, 0.2) is 0 Å². The van der Waals surface area contributed by atoms with Crippen LogP contribution in [0.3, 0.4) is 0 Å². The van der Waals surface area contributed by atoms with Crippen LogP contribution in [0, 0.1) is 12.3 Å². The van der Waals surface area contributed by atoms with Gasteiger partial charge in [-0.25, -0.2) is 0 Å². The monoisotopic (exact) mass is 155 g/mol. The van der Waals surface area contributed by atoms with Gasteiger partial charge in [0.25, 0.3) is 0 Å². The summed E-state index contributed by atoms with van der Waals surface area (Å²) in [7, 11) is 0. The lowest BCUT2D eigenvalue weighted by atomic mass is 10.2. The first-order valence-electron chi connectivity index (χ1n) is 3.63. The standard InChI is InChI=1S/C8H13NS/c1-3-7(2)9-8-4-5-10-6-8/h1,7-9H,4-6H2,2H3. The number of hydrogen-bond acceptors (Lipinski definition) is 2. The molecule has 1 aliphatic rings. The van der Waals surface area contributed by atoms with E-state index in [1.165, 1.54) is 17.9 Å². The lowest BCUT2D eigenvalue weighted by molar-refractivity contribution is 0.533. The summed E-state index contributed by atoms with van der Waals surface area (Å²) in [5.74, 6) is 5.19. The highest BCUT2D eigenvalue weighted by Crippen LogP contribution is 2.17. The van der Waals surface area contributed by atoms with Gasteiger partial charge in [0, 0.05) is 11.8 Å². The van der Waals surface area contributed by atoms with Crippen molar-refractivity contribution < 1.29 is 0 Å². The Morgan fingerprint density at radius 3 is 3.10 bits per heavy atom. The Labute approximate surface area is 67.0 Å². The van der Waals surface area contributed by atoms with Crippen molar-refractivity contribution in [3.63, 3.8) is 0 Å². The van der Waals surface area contributed by atoms with E-state index in [1.807, 2.05) is 18.7 Å². The summed E-state index contributed by atoms with van der Waals surface area (Å²) in [6.07, 6.45) is 6.51. The topological polar surface area (TPSA) is 12.0 Å². The number of hydrogen-bond donors (Lipinski definition) is 1. The highest BCUT2D eigenvalue weighted by Gasteiger charge is 2.15. The van der Waals surface area contributed by atoms with Gasteiger partial charge in [-0.05, 0) is 19.1 Å². The normalized spacial score (nSPS) is 27.8. The molecule has 1 fully saturated rings. The molecule has 2 heteroatoms. The Morgan fingerprint density at radius 1 is 1.80 bits per heavy atom.